The first-order valence-electron chi connectivity index (χ1n) is 10.7. The zero-order chi connectivity index (χ0) is 22.2. The molecule has 9 heteroatoms. The van der Waals surface area contributed by atoms with Gasteiger partial charge in [0.25, 0.3) is 0 Å². The highest BCUT2D eigenvalue weighted by molar-refractivity contribution is 5.81. The van der Waals surface area contributed by atoms with Gasteiger partial charge in [-0.1, -0.05) is 12.1 Å². The summed E-state index contributed by atoms with van der Waals surface area (Å²) in [6, 6.07) is 7.86. The van der Waals surface area contributed by atoms with Gasteiger partial charge in [0.15, 0.2) is 11.8 Å². The molecule has 1 aliphatic rings. The van der Waals surface area contributed by atoms with Gasteiger partial charge in [-0.25, -0.2) is 4.99 Å². The summed E-state index contributed by atoms with van der Waals surface area (Å²) in [5.41, 5.74) is 1.08. The number of ether oxygens (including phenoxy) is 2. The van der Waals surface area contributed by atoms with E-state index in [1.165, 1.54) is 0 Å². The van der Waals surface area contributed by atoms with Crippen molar-refractivity contribution in [3.8, 4) is 5.75 Å². The van der Waals surface area contributed by atoms with Crippen LogP contribution in [0.5, 0.6) is 5.75 Å². The molecule has 2 aromatic rings. The number of hydrogen-bond acceptors (Lipinski definition) is 6. The molecule has 31 heavy (non-hydrogen) atoms. The minimum Gasteiger partial charge on any atom is -0.497 e. The number of nitrogens with zero attached hydrogens (tertiary/aromatic N) is 5. The number of carbonyl (C=O) groups is 1. The smallest absolute Gasteiger partial charge is 0.310 e. The molecule has 0 radical (unpaired) electrons. The van der Waals surface area contributed by atoms with E-state index in [1.54, 1.807) is 7.11 Å². The Morgan fingerprint density at radius 2 is 2.06 bits per heavy atom. The van der Waals surface area contributed by atoms with Crippen molar-refractivity contribution in [2.45, 2.75) is 39.8 Å². The summed E-state index contributed by atoms with van der Waals surface area (Å²) >= 11 is 0. The number of nitrogens with one attached hydrogen (secondary N) is 1. The van der Waals surface area contributed by atoms with E-state index in [0.29, 0.717) is 26.2 Å². The standard InChI is InChI=1S/C22H32N6O3/c1-5-31-21(29)18-7-6-12-28(15-18)22(24-14-20-26-25-16(2)27(20)3)23-13-17-8-10-19(30-4)11-9-17/h8-11,18H,5-7,12-15H2,1-4H3,(H,23,24). The quantitative estimate of drug-likeness (QED) is 0.410. The molecule has 1 fully saturated rings. The maximum Gasteiger partial charge on any atom is 0.310 e. The van der Waals surface area contributed by atoms with Gasteiger partial charge in [-0.2, -0.15) is 0 Å². The fourth-order valence-corrected chi connectivity index (χ4v) is 3.55. The topological polar surface area (TPSA) is 93.9 Å². The van der Waals surface area contributed by atoms with Gasteiger partial charge >= 0.3 is 5.97 Å². The molecule has 168 valence electrons. The number of methoxy groups -OCH3 is 1. The average molecular weight is 429 g/mol. The highest BCUT2D eigenvalue weighted by atomic mass is 16.5. The first kappa shape index (κ1) is 22.6. The molecule has 0 bridgehead atoms. The van der Waals surface area contributed by atoms with Crippen molar-refractivity contribution in [3.05, 3.63) is 41.5 Å². The molecule has 0 saturated carbocycles. The van der Waals surface area contributed by atoms with E-state index in [0.717, 1.165) is 48.3 Å². The molecule has 9 nitrogen and oxygen atoms in total. The lowest BCUT2D eigenvalue weighted by molar-refractivity contribution is -0.149. The summed E-state index contributed by atoms with van der Waals surface area (Å²) < 4.78 is 12.4. The van der Waals surface area contributed by atoms with Crippen LogP contribution < -0.4 is 10.1 Å². The van der Waals surface area contributed by atoms with E-state index < -0.39 is 0 Å². The lowest BCUT2D eigenvalue weighted by atomic mass is 9.98. The van der Waals surface area contributed by atoms with Gasteiger partial charge in [0, 0.05) is 20.1 Å². The Kier molecular flexibility index (Phi) is 7.86. The maximum atomic E-state index is 12.3. The van der Waals surface area contributed by atoms with Crippen LogP contribution in [0.1, 0.15) is 37.0 Å². The maximum absolute atomic E-state index is 12.3. The minimum absolute atomic E-state index is 0.134. The highest BCUT2D eigenvalue weighted by Crippen LogP contribution is 2.19. The van der Waals surface area contributed by atoms with Gasteiger partial charge in [0.2, 0.25) is 0 Å². The van der Waals surface area contributed by atoms with Gasteiger partial charge < -0.3 is 24.3 Å². The van der Waals surface area contributed by atoms with E-state index >= 15 is 0 Å². The molecule has 1 unspecified atom stereocenters. The monoisotopic (exact) mass is 428 g/mol. The Morgan fingerprint density at radius 3 is 2.71 bits per heavy atom. The van der Waals surface area contributed by atoms with Crippen molar-refractivity contribution in [1.29, 1.82) is 0 Å². The van der Waals surface area contributed by atoms with Gasteiger partial charge in [0.05, 0.1) is 32.7 Å². The van der Waals surface area contributed by atoms with Crippen LogP contribution in [0.3, 0.4) is 0 Å². The highest BCUT2D eigenvalue weighted by Gasteiger charge is 2.28. The molecule has 1 aromatic carbocycles. The predicted molar refractivity (Wildman–Crippen MR) is 118 cm³/mol. The normalized spacial score (nSPS) is 16.8. The SMILES string of the molecule is CCOC(=O)C1CCCN(C(=NCc2ccc(OC)cc2)NCc2nnc(C)n2C)C1. The molecule has 1 aromatic heterocycles. The van der Waals surface area contributed by atoms with Crippen molar-refractivity contribution in [3.63, 3.8) is 0 Å². The number of benzene rings is 1. The predicted octanol–water partition coefficient (Wildman–Crippen LogP) is 2.05. The van der Waals surface area contributed by atoms with Crippen molar-refractivity contribution in [2.75, 3.05) is 26.8 Å². The number of likely N-dealkylation sites (tertiary alicyclic amines) is 1. The van der Waals surface area contributed by atoms with E-state index in [1.807, 2.05) is 49.7 Å². The summed E-state index contributed by atoms with van der Waals surface area (Å²) in [6.45, 7) is 6.60. The van der Waals surface area contributed by atoms with Crippen molar-refractivity contribution < 1.29 is 14.3 Å². The Labute approximate surface area is 183 Å². The van der Waals surface area contributed by atoms with Crippen molar-refractivity contribution in [2.24, 2.45) is 18.0 Å². The van der Waals surface area contributed by atoms with Crippen LogP contribution in [0.4, 0.5) is 0 Å². The summed E-state index contributed by atoms with van der Waals surface area (Å²) in [6.07, 6.45) is 1.75. The number of hydrogen-bond donors (Lipinski definition) is 1. The molecule has 0 amide bonds. The third-order valence-corrected chi connectivity index (χ3v) is 5.50. The number of aliphatic imine (C=N–C) groups is 1. The van der Waals surface area contributed by atoms with Crippen LogP contribution in [-0.2, 0) is 29.7 Å². The van der Waals surface area contributed by atoms with Crippen LogP contribution in [0.15, 0.2) is 29.3 Å². The zero-order valence-corrected chi connectivity index (χ0v) is 18.8. The fraction of sp³-hybridized carbons (Fsp3) is 0.545. The Morgan fingerprint density at radius 1 is 1.29 bits per heavy atom. The van der Waals surface area contributed by atoms with Crippen LogP contribution in [0, 0.1) is 12.8 Å². The van der Waals surface area contributed by atoms with E-state index in [4.69, 9.17) is 14.5 Å². The van der Waals surface area contributed by atoms with Crippen LogP contribution >= 0.6 is 0 Å². The first-order chi connectivity index (χ1) is 15.0. The fourth-order valence-electron chi connectivity index (χ4n) is 3.55. The molecular formula is C22H32N6O3. The molecule has 3 rings (SSSR count). The van der Waals surface area contributed by atoms with Gasteiger partial charge in [-0.15, -0.1) is 10.2 Å². The average Bonchev–Trinajstić information content (AvgIpc) is 3.12. The molecule has 1 atom stereocenters. The second kappa shape index (κ2) is 10.8. The van der Waals surface area contributed by atoms with Crippen LogP contribution in [-0.4, -0.2) is 58.4 Å². The van der Waals surface area contributed by atoms with Crippen LogP contribution in [0.2, 0.25) is 0 Å². The van der Waals surface area contributed by atoms with E-state index in [9.17, 15) is 4.79 Å². The Hall–Kier alpha value is -3.10. The number of carbonyl (C=O) groups excluding carboxylic acids is 1. The number of piperidine rings is 1. The van der Waals surface area contributed by atoms with Gasteiger partial charge in [0.1, 0.15) is 11.6 Å². The second-order valence-corrected chi connectivity index (χ2v) is 7.60. The number of guanidine groups is 1. The second-order valence-electron chi connectivity index (χ2n) is 7.60. The van der Waals surface area contributed by atoms with Crippen molar-refractivity contribution in [1.82, 2.24) is 25.0 Å². The van der Waals surface area contributed by atoms with E-state index in [-0.39, 0.29) is 11.9 Å². The molecule has 0 aliphatic carbocycles. The summed E-state index contributed by atoms with van der Waals surface area (Å²) in [7, 11) is 3.60. The molecule has 2 heterocycles. The summed E-state index contributed by atoms with van der Waals surface area (Å²) in [5, 5.41) is 11.8. The molecule has 1 N–H and O–H groups in total. The molecular weight excluding hydrogens is 396 g/mol. The molecule has 1 aliphatic heterocycles. The minimum atomic E-state index is -0.140. The number of rotatable bonds is 7. The summed E-state index contributed by atoms with van der Waals surface area (Å²) in [5.74, 6) is 2.98. The van der Waals surface area contributed by atoms with E-state index in [2.05, 4.69) is 20.4 Å². The van der Waals surface area contributed by atoms with Gasteiger partial charge in [-0.05, 0) is 44.4 Å². The number of aromatic nitrogens is 3. The third kappa shape index (κ3) is 5.96. The number of aryl methyl sites for hydroxylation is 1. The van der Waals surface area contributed by atoms with Gasteiger partial charge in [-0.3, -0.25) is 4.79 Å². The largest absolute Gasteiger partial charge is 0.497 e. The molecule has 0 spiro atoms. The summed E-state index contributed by atoms with van der Waals surface area (Å²) in [4.78, 5) is 19.3. The zero-order valence-electron chi connectivity index (χ0n) is 18.8. The molecule has 1 saturated heterocycles. The first-order valence-corrected chi connectivity index (χ1v) is 10.7. The Bertz CT molecular complexity index is 893. The Balaban J connectivity index is 1.75. The number of esters is 1. The van der Waals surface area contributed by atoms with Crippen LogP contribution in [0.25, 0.3) is 0 Å². The lowest BCUT2D eigenvalue weighted by Gasteiger charge is -2.34. The lowest BCUT2D eigenvalue weighted by Crippen LogP contribution is -2.48. The van der Waals surface area contributed by atoms with Crippen molar-refractivity contribution >= 4 is 11.9 Å². The third-order valence-electron chi connectivity index (χ3n) is 5.50.